The average Bonchev–Trinajstić information content (AvgIpc) is 2.87. The molecule has 0 aliphatic heterocycles. The van der Waals surface area contributed by atoms with Gasteiger partial charge in [0.1, 0.15) is 11.6 Å². The molecule has 5 nitrogen and oxygen atoms in total. The maximum absolute atomic E-state index is 4.57. The Morgan fingerprint density at radius 1 is 1.22 bits per heavy atom. The van der Waals surface area contributed by atoms with Crippen LogP contribution in [0.25, 0.3) is 11.4 Å². The molecule has 2 rings (SSSR count). The molecule has 2 aromatic heterocycles. The van der Waals surface area contributed by atoms with Crippen LogP contribution in [0.1, 0.15) is 26.6 Å². The number of rotatable bonds is 5. The molecule has 0 aliphatic rings. The van der Waals surface area contributed by atoms with Gasteiger partial charge < -0.3 is 5.32 Å². The standard InChI is InChI=1S/C13H19N5/c1-4-12-16-10(9-13(17-12)14-5-2)11-7-8-15-18(11)6-3/h7-9H,4-6H2,1-3H3,(H,14,16,17). The maximum atomic E-state index is 4.57. The lowest BCUT2D eigenvalue weighted by molar-refractivity contribution is 0.665. The van der Waals surface area contributed by atoms with Gasteiger partial charge in [-0.2, -0.15) is 5.10 Å². The van der Waals surface area contributed by atoms with Crippen LogP contribution in [0, 0.1) is 0 Å². The van der Waals surface area contributed by atoms with Crippen molar-refractivity contribution in [1.29, 1.82) is 0 Å². The molecule has 96 valence electrons. The molecule has 2 aromatic rings. The first kappa shape index (κ1) is 12.5. The van der Waals surface area contributed by atoms with Gasteiger partial charge in [-0.3, -0.25) is 4.68 Å². The summed E-state index contributed by atoms with van der Waals surface area (Å²) in [5.74, 6) is 1.73. The van der Waals surface area contributed by atoms with E-state index in [4.69, 9.17) is 0 Å². The number of nitrogens with one attached hydrogen (secondary N) is 1. The van der Waals surface area contributed by atoms with Crippen LogP contribution in [0.4, 0.5) is 5.82 Å². The number of nitrogens with zero attached hydrogens (tertiary/aromatic N) is 4. The smallest absolute Gasteiger partial charge is 0.131 e. The van der Waals surface area contributed by atoms with Crippen LogP contribution in [0.15, 0.2) is 18.3 Å². The van der Waals surface area contributed by atoms with E-state index in [0.717, 1.165) is 42.5 Å². The number of hydrogen-bond donors (Lipinski definition) is 1. The van der Waals surface area contributed by atoms with Crippen LogP contribution in [-0.2, 0) is 13.0 Å². The van der Waals surface area contributed by atoms with Gasteiger partial charge in [-0.05, 0) is 19.9 Å². The third-order valence-corrected chi connectivity index (χ3v) is 2.73. The van der Waals surface area contributed by atoms with Crippen molar-refractivity contribution in [2.45, 2.75) is 33.7 Å². The minimum absolute atomic E-state index is 0.826. The first-order valence-electron chi connectivity index (χ1n) is 6.42. The largest absolute Gasteiger partial charge is 0.370 e. The summed E-state index contributed by atoms with van der Waals surface area (Å²) in [6.45, 7) is 7.89. The van der Waals surface area contributed by atoms with Crippen molar-refractivity contribution in [3.63, 3.8) is 0 Å². The Morgan fingerprint density at radius 2 is 2.06 bits per heavy atom. The third-order valence-electron chi connectivity index (χ3n) is 2.73. The molecule has 0 aliphatic carbocycles. The Hall–Kier alpha value is -1.91. The van der Waals surface area contributed by atoms with E-state index in [-0.39, 0.29) is 0 Å². The Labute approximate surface area is 107 Å². The molecule has 1 N–H and O–H groups in total. The van der Waals surface area contributed by atoms with Gasteiger partial charge in [0.15, 0.2) is 0 Å². The topological polar surface area (TPSA) is 55.6 Å². The Balaban J connectivity index is 2.46. The number of aryl methyl sites for hydroxylation is 2. The minimum Gasteiger partial charge on any atom is -0.370 e. The van der Waals surface area contributed by atoms with Crippen molar-refractivity contribution < 1.29 is 0 Å². The molecule has 5 heteroatoms. The summed E-state index contributed by atoms with van der Waals surface area (Å²) in [5, 5.41) is 7.52. The Kier molecular flexibility index (Phi) is 3.92. The normalized spacial score (nSPS) is 10.6. The first-order chi connectivity index (χ1) is 8.78. The van der Waals surface area contributed by atoms with Gasteiger partial charge in [-0.25, -0.2) is 9.97 Å². The summed E-state index contributed by atoms with van der Waals surface area (Å²) in [7, 11) is 0. The molecule has 0 spiro atoms. The van der Waals surface area contributed by atoms with Crippen molar-refractivity contribution in [1.82, 2.24) is 19.7 Å². The monoisotopic (exact) mass is 245 g/mol. The van der Waals surface area contributed by atoms with Crippen molar-refractivity contribution in [3.05, 3.63) is 24.2 Å². The molecule has 0 saturated heterocycles. The van der Waals surface area contributed by atoms with E-state index >= 15 is 0 Å². The highest BCUT2D eigenvalue weighted by molar-refractivity contribution is 5.58. The number of hydrogen-bond acceptors (Lipinski definition) is 4. The zero-order valence-corrected chi connectivity index (χ0v) is 11.1. The molecule has 2 heterocycles. The van der Waals surface area contributed by atoms with Gasteiger partial charge in [-0.1, -0.05) is 6.92 Å². The SMILES string of the molecule is CCNc1cc(-c2ccnn2CC)nc(CC)n1. The lowest BCUT2D eigenvalue weighted by Gasteiger charge is -2.09. The van der Waals surface area contributed by atoms with E-state index in [2.05, 4.69) is 41.2 Å². The van der Waals surface area contributed by atoms with E-state index < -0.39 is 0 Å². The predicted octanol–water partition coefficient (Wildman–Crippen LogP) is 2.35. The summed E-state index contributed by atoms with van der Waals surface area (Å²) in [6, 6.07) is 3.97. The van der Waals surface area contributed by atoms with Gasteiger partial charge in [0.25, 0.3) is 0 Å². The van der Waals surface area contributed by atoms with E-state index in [9.17, 15) is 0 Å². The van der Waals surface area contributed by atoms with Crippen LogP contribution in [0.5, 0.6) is 0 Å². The summed E-state index contributed by atoms with van der Waals surface area (Å²) in [6.07, 6.45) is 2.63. The van der Waals surface area contributed by atoms with Crippen molar-refractivity contribution in [3.8, 4) is 11.4 Å². The van der Waals surface area contributed by atoms with Gasteiger partial charge in [0.05, 0.1) is 11.4 Å². The fourth-order valence-electron chi connectivity index (χ4n) is 1.86. The summed E-state index contributed by atoms with van der Waals surface area (Å²) in [5.41, 5.74) is 1.96. The van der Waals surface area contributed by atoms with Crippen LogP contribution in [0.2, 0.25) is 0 Å². The molecule has 0 saturated carbocycles. The molecule has 18 heavy (non-hydrogen) atoms. The molecule has 0 radical (unpaired) electrons. The fourth-order valence-corrected chi connectivity index (χ4v) is 1.86. The molecule has 0 aromatic carbocycles. The van der Waals surface area contributed by atoms with E-state index in [1.165, 1.54) is 0 Å². The zero-order chi connectivity index (χ0) is 13.0. The lowest BCUT2D eigenvalue weighted by Crippen LogP contribution is -2.06. The molecule has 0 atom stereocenters. The van der Waals surface area contributed by atoms with Crippen LogP contribution in [0.3, 0.4) is 0 Å². The number of anilines is 1. The predicted molar refractivity (Wildman–Crippen MR) is 72.5 cm³/mol. The maximum Gasteiger partial charge on any atom is 0.131 e. The van der Waals surface area contributed by atoms with Gasteiger partial charge in [0, 0.05) is 31.8 Å². The minimum atomic E-state index is 0.826. The average molecular weight is 245 g/mol. The molecule has 0 fully saturated rings. The van der Waals surface area contributed by atoms with E-state index in [1.54, 1.807) is 6.20 Å². The highest BCUT2D eigenvalue weighted by atomic mass is 15.3. The second kappa shape index (κ2) is 5.62. The fraction of sp³-hybridized carbons (Fsp3) is 0.462. The van der Waals surface area contributed by atoms with Crippen molar-refractivity contribution in [2.75, 3.05) is 11.9 Å². The van der Waals surface area contributed by atoms with Crippen molar-refractivity contribution in [2.24, 2.45) is 0 Å². The zero-order valence-electron chi connectivity index (χ0n) is 11.1. The first-order valence-corrected chi connectivity index (χ1v) is 6.42. The van der Waals surface area contributed by atoms with Gasteiger partial charge in [0.2, 0.25) is 0 Å². The summed E-state index contributed by atoms with van der Waals surface area (Å²) < 4.78 is 1.94. The summed E-state index contributed by atoms with van der Waals surface area (Å²) >= 11 is 0. The molecular formula is C13H19N5. The van der Waals surface area contributed by atoms with Crippen LogP contribution < -0.4 is 5.32 Å². The quantitative estimate of drug-likeness (QED) is 0.878. The highest BCUT2D eigenvalue weighted by Crippen LogP contribution is 2.19. The van der Waals surface area contributed by atoms with Gasteiger partial charge in [-0.15, -0.1) is 0 Å². The third kappa shape index (κ3) is 2.50. The van der Waals surface area contributed by atoms with Crippen molar-refractivity contribution >= 4 is 5.82 Å². The highest BCUT2D eigenvalue weighted by Gasteiger charge is 2.09. The van der Waals surface area contributed by atoms with Crippen LogP contribution in [-0.4, -0.2) is 26.3 Å². The molecule has 0 unspecified atom stereocenters. The number of aromatic nitrogens is 4. The van der Waals surface area contributed by atoms with Gasteiger partial charge >= 0.3 is 0 Å². The van der Waals surface area contributed by atoms with Crippen LogP contribution >= 0.6 is 0 Å². The Bertz CT molecular complexity index is 518. The molecule has 0 bridgehead atoms. The summed E-state index contributed by atoms with van der Waals surface area (Å²) in [4.78, 5) is 9.03. The molecule has 0 amide bonds. The van der Waals surface area contributed by atoms with E-state index in [1.807, 2.05) is 16.8 Å². The lowest BCUT2D eigenvalue weighted by atomic mass is 10.2. The Morgan fingerprint density at radius 3 is 2.72 bits per heavy atom. The van der Waals surface area contributed by atoms with E-state index in [0.29, 0.717) is 0 Å². The molecular weight excluding hydrogens is 226 g/mol. The second-order valence-corrected chi connectivity index (χ2v) is 3.97. The second-order valence-electron chi connectivity index (χ2n) is 3.97.